The number of aromatic nitrogens is 2. The molecular weight excluding hydrogens is 256 g/mol. The molecular formula is C10H8N4O3S. The fraction of sp³-hybridized carbons (Fsp3) is 0. The van der Waals surface area contributed by atoms with Crippen molar-refractivity contribution in [1.29, 1.82) is 0 Å². The molecule has 0 aliphatic heterocycles. The highest BCUT2D eigenvalue weighted by Gasteiger charge is 2.12. The van der Waals surface area contributed by atoms with E-state index in [9.17, 15) is 9.59 Å². The van der Waals surface area contributed by atoms with Gasteiger partial charge < -0.3 is 5.11 Å². The second-order valence-corrected chi connectivity index (χ2v) is 4.20. The third-order valence-electron chi connectivity index (χ3n) is 1.89. The zero-order chi connectivity index (χ0) is 13.0. The van der Waals surface area contributed by atoms with Crippen LogP contribution in [0.2, 0.25) is 0 Å². The molecule has 0 radical (unpaired) electrons. The van der Waals surface area contributed by atoms with E-state index in [1.54, 1.807) is 6.07 Å². The maximum Gasteiger partial charge on any atom is 0.345 e. The minimum Gasteiger partial charge on any atom is -0.477 e. The number of hydrogen-bond donors (Lipinski definition) is 3. The Morgan fingerprint density at radius 1 is 1.17 bits per heavy atom. The molecule has 0 aliphatic rings. The van der Waals surface area contributed by atoms with Gasteiger partial charge in [0.15, 0.2) is 0 Å². The van der Waals surface area contributed by atoms with Crippen LogP contribution in [-0.2, 0) is 0 Å². The molecule has 0 saturated heterocycles. The lowest BCUT2D eigenvalue weighted by Crippen LogP contribution is -2.29. The van der Waals surface area contributed by atoms with E-state index in [1.807, 2.05) is 0 Å². The van der Waals surface area contributed by atoms with Gasteiger partial charge in [-0.3, -0.25) is 15.6 Å². The van der Waals surface area contributed by atoms with Crippen molar-refractivity contribution < 1.29 is 14.7 Å². The molecule has 0 unspecified atom stereocenters. The fourth-order valence-electron chi connectivity index (χ4n) is 1.11. The smallest absolute Gasteiger partial charge is 0.345 e. The number of thiophene rings is 1. The third-order valence-corrected chi connectivity index (χ3v) is 2.97. The molecule has 0 aliphatic carbocycles. The van der Waals surface area contributed by atoms with Gasteiger partial charge >= 0.3 is 5.97 Å². The van der Waals surface area contributed by atoms with Crippen molar-refractivity contribution >= 4 is 29.2 Å². The Morgan fingerprint density at radius 2 is 1.83 bits per heavy atom. The largest absolute Gasteiger partial charge is 0.477 e. The van der Waals surface area contributed by atoms with Gasteiger partial charge in [-0.25, -0.2) is 14.8 Å². The molecule has 1 amide bonds. The van der Waals surface area contributed by atoms with Gasteiger partial charge in [0.05, 0.1) is 4.88 Å². The summed E-state index contributed by atoms with van der Waals surface area (Å²) < 4.78 is 0. The first-order valence-corrected chi connectivity index (χ1v) is 5.65. The second kappa shape index (κ2) is 5.23. The molecule has 0 bridgehead atoms. The third kappa shape index (κ3) is 2.80. The summed E-state index contributed by atoms with van der Waals surface area (Å²) in [7, 11) is 0. The van der Waals surface area contributed by atoms with Gasteiger partial charge in [-0.2, -0.15) is 0 Å². The lowest BCUT2D eigenvalue weighted by molar-refractivity contribution is 0.0702. The number of carboxylic acids is 1. The molecule has 0 atom stereocenters. The lowest BCUT2D eigenvalue weighted by atomic mass is 10.4. The van der Waals surface area contributed by atoms with Gasteiger partial charge in [0.1, 0.15) is 4.88 Å². The molecule has 0 aromatic carbocycles. The number of nitrogens with one attached hydrogen (secondary N) is 2. The Balaban J connectivity index is 1.97. The SMILES string of the molecule is O=C(O)c1ccc(C(=O)NNc2ncccn2)s1. The van der Waals surface area contributed by atoms with Crippen molar-refractivity contribution in [2.75, 3.05) is 5.43 Å². The maximum absolute atomic E-state index is 11.6. The molecule has 3 N–H and O–H groups in total. The average Bonchev–Trinajstić information content (AvgIpc) is 2.87. The van der Waals surface area contributed by atoms with Crippen LogP contribution >= 0.6 is 11.3 Å². The number of amides is 1. The molecule has 0 spiro atoms. The molecule has 0 saturated carbocycles. The highest BCUT2D eigenvalue weighted by molar-refractivity contribution is 7.15. The van der Waals surface area contributed by atoms with Gasteiger partial charge in [-0.15, -0.1) is 11.3 Å². The molecule has 2 rings (SSSR count). The average molecular weight is 264 g/mol. The summed E-state index contributed by atoms with van der Waals surface area (Å²) in [5.41, 5.74) is 4.89. The highest BCUT2D eigenvalue weighted by atomic mass is 32.1. The predicted octanol–water partition coefficient (Wildman–Crippen LogP) is 0.993. The van der Waals surface area contributed by atoms with Gasteiger partial charge in [0.2, 0.25) is 5.95 Å². The Morgan fingerprint density at radius 3 is 2.44 bits per heavy atom. The standard InChI is InChI=1S/C10H8N4O3S/c15-8(6-2-3-7(18-6)9(16)17)13-14-10-11-4-1-5-12-10/h1-5H,(H,13,15)(H,16,17)(H,11,12,14). The van der Waals surface area contributed by atoms with E-state index >= 15 is 0 Å². The number of carboxylic acid groups (broad SMARTS) is 1. The number of hydrazine groups is 1. The van der Waals surface area contributed by atoms with Crippen LogP contribution in [0.15, 0.2) is 30.6 Å². The number of nitrogens with zero attached hydrogens (tertiary/aromatic N) is 2. The summed E-state index contributed by atoms with van der Waals surface area (Å²) in [6, 6.07) is 4.46. The van der Waals surface area contributed by atoms with Crippen molar-refractivity contribution in [1.82, 2.24) is 15.4 Å². The van der Waals surface area contributed by atoms with E-state index in [0.29, 0.717) is 0 Å². The topological polar surface area (TPSA) is 104 Å². The number of aromatic carboxylic acids is 1. The van der Waals surface area contributed by atoms with Crippen molar-refractivity contribution in [2.45, 2.75) is 0 Å². The summed E-state index contributed by atoms with van der Waals surface area (Å²) >= 11 is 0.892. The number of carbonyl (C=O) groups is 2. The van der Waals surface area contributed by atoms with Crippen molar-refractivity contribution in [3.8, 4) is 0 Å². The van der Waals surface area contributed by atoms with Crippen molar-refractivity contribution in [2.24, 2.45) is 0 Å². The first kappa shape index (κ1) is 12.0. The predicted molar refractivity (Wildman–Crippen MR) is 64.4 cm³/mol. The van der Waals surface area contributed by atoms with Crippen LogP contribution in [-0.4, -0.2) is 27.0 Å². The Hall–Kier alpha value is -2.48. The minimum absolute atomic E-state index is 0.108. The maximum atomic E-state index is 11.6. The molecule has 2 aromatic rings. The number of anilines is 1. The molecule has 7 nitrogen and oxygen atoms in total. The minimum atomic E-state index is -1.06. The van der Waals surface area contributed by atoms with E-state index in [4.69, 9.17) is 5.11 Å². The monoisotopic (exact) mass is 264 g/mol. The fourth-order valence-corrected chi connectivity index (χ4v) is 1.85. The van der Waals surface area contributed by atoms with E-state index in [1.165, 1.54) is 24.5 Å². The Bertz CT molecular complexity index is 570. The van der Waals surface area contributed by atoms with Gasteiger partial charge in [-0.1, -0.05) is 0 Å². The van der Waals surface area contributed by atoms with Gasteiger partial charge in [0.25, 0.3) is 5.91 Å². The normalized spacial score (nSPS) is 9.78. The number of carbonyl (C=O) groups excluding carboxylic acids is 1. The molecule has 0 fully saturated rings. The quantitative estimate of drug-likeness (QED) is 0.711. The molecule has 2 heterocycles. The zero-order valence-electron chi connectivity index (χ0n) is 8.95. The van der Waals surface area contributed by atoms with Crippen LogP contribution in [0.25, 0.3) is 0 Å². The van der Waals surface area contributed by atoms with E-state index in [-0.39, 0.29) is 15.7 Å². The summed E-state index contributed by atoms with van der Waals surface area (Å²) in [5, 5.41) is 8.73. The van der Waals surface area contributed by atoms with Gasteiger partial charge in [0, 0.05) is 12.4 Å². The number of hydrogen-bond acceptors (Lipinski definition) is 6. The molecule has 18 heavy (non-hydrogen) atoms. The first-order chi connectivity index (χ1) is 8.66. The summed E-state index contributed by atoms with van der Waals surface area (Å²) in [6.07, 6.45) is 3.05. The summed E-state index contributed by atoms with van der Waals surface area (Å²) in [4.78, 5) is 30.4. The van der Waals surface area contributed by atoms with Gasteiger partial charge in [-0.05, 0) is 18.2 Å². The molecule has 2 aromatic heterocycles. The van der Waals surface area contributed by atoms with Crippen LogP contribution in [0.4, 0.5) is 5.95 Å². The summed E-state index contributed by atoms with van der Waals surface area (Å²) in [5.74, 6) is -1.25. The molecule has 8 heteroatoms. The second-order valence-electron chi connectivity index (χ2n) is 3.12. The lowest BCUT2D eigenvalue weighted by Gasteiger charge is -2.04. The van der Waals surface area contributed by atoms with Crippen LogP contribution < -0.4 is 10.9 Å². The van der Waals surface area contributed by atoms with Crippen LogP contribution in [0.5, 0.6) is 0 Å². The van der Waals surface area contributed by atoms with Crippen LogP contribution in [0.3, 0.4) is 0 Å². The first-order valence-electron chi connectivity index (χ1n) is 4.83. The molecule has 92 valence electrons. The summed E-state index contributed by atoms with van der Waals surface area (Å²) in [6.45, 7) is 0. The zero-order valence-corrected chi connectivity index (χ0v) is 9.77. The number of rotatable bonds is 4. The Kier molecular flexibility index (Phi) is 3.49. The van der Waals surface area contributed by atoms with Crippen molar-refractivity contribution in [3.63, 3.8) is 0 Å². The van der Waals surface area contributed by atoms with Crippen LogP contribution in [0.1, 0.15) is 19.3 Å². The van der Waals surface area contributed by atoms with E-state index in [0.717, 1.165) is 11.3 Å². The highest BCUT2D eigenvalue weighted by Crippen LogP contribution is 2.16. The van der Waals surface area contributed by atoms with Crippen molar-refractivity contribution in [3.05, 3.63) is 40.3 Å². The van der Waals surface area contributed by atoms with E-state index < -0.39 is 11.9 Å². The van der Waals surface area contributed by atoms with Crippen LogP contribution in [0, 0.1) is 0 Å². The van der Waals surface area contributed by atoms with E-state index in [2.05, 4.69) is 20.8 Å². The Labute approximate surface area is 105 Å².